The lowest BCUT2D eigenvalue weighted by Crippen LogP contribution is -2.40. The predicted molar refractivity (Wildman–Crippen MR) is 64.9 cm³/mol. The van der Waals surface area contributed by atoms with Crippen molar-refractivity contribution in [3.8, 4) is 0 Å². The molecule has 2 rings (SSSR count). The summed E-state index contributed by atoms with van der Waals surface area (Å²) in [7, 11) is 0. The fourth-order valence-corrected chi connectivity index (χ4v) is 2.20. The Bertz CT molecular complexity index is 360. The minimum Gasteiger partial charge on any atom is -0.312 e. The minimum atomic E-state index is 0.169. The number of rotatable bonds is 1. The van der Waals surface area contributed by atoms with Crippen LogP contribution in [0.15, 0.2) is 28.7 Å². The van der Waals surface area contributed by atoms with Gasteiger partial charge in [-0.3, -0.25) is 4.79 Å². The molecule has 0 radical (unpaired) electrons. The molecule has 1 aromatic carbocycles. The molecule has 1 saturated heterocycles. The van der Waals surface area contributed by atoms with E-state index in [2.05, 4.69) is 15.9 Å². The summed E-state index contributed by atoms with van der Waals surface area (Å²) < 4.78 is 1.05. The third-order valence-corrected chi connectivity index (χ3v) is 3.37. The Morgan fingerprint density at radius 2 is 2.00 bits per heavy atom. The molecule has 1 aliphatic rings. The first-order chi connectivity index (χ1) is 7.18. The smallest absolute Gasteiger partial charge is 0.229 e. The van der Waals surface area contributed by atoms with Crippen LogP contribution in [0, 0.1) is 5.92 Å². The SMILES string of the molecule is CC1CCCN(c2ccc(Br)cc2)C1=O. The van der Waals surface area contributed by atoms with Gasteiger partial charge in [-0.15, -0.1) is 0 Å². The van der Waals surface area contributed by atoms with E-state index < -0.39 is 0 Å². The summed E-state index contributed by atoms with van der Waals surface area (Å²) in [5.74, 6) is 0.422. The average Bonchev–Trinajstić information content (AvgIpc) is 2.24. The largest absolute Gasteiger partial charge is 0.312 e. The van der Waals surface area contributed by atoms with Crippen LogP contribution in [0.5, 0.6) is 0 Å². The fraction of sp³-hybridized carbons (Fsp3) is 0.417. The van der Waals surface area contributed by atoms with Gasteiger partial charge < -0.3 is 4.90 Å². The number of hydrogen-bond acceptors (Lipinski definition) is 1. The number of nitrogens with zero attached hydrogens (tertiary/aromatic N) is 1. The van der Waals surface area contributed by atoms with E-state index in [4.69, 9.17) is 0 Å². The van der Waals surface area contributed by atoms with Gasteiger partial charge in [0.2, 0.25) is 5.91 Å². The van der Waals surface area contributed by atoms with Gasteiger partial charge in [0.25, 0.3) is 0 Å². The Kier molecular flexibility index (Phi) is 3.10. The second-order valence-corrected chi connectivity index (χ2v) is 4.93. The third kappa shape index (κ3) is 2.23. The number of carbonyl (C=O) groups excluding carboxylic acids is 1. The molecule has 1 amide bonds. The van der Waals surface area contributed by atoms with Gasteiger partial charge in [0, 0.05) is 22.6 Å². The average molecular weight is 268 g/mol. The molecule has 0 saturated carbocycles. The summed E-state index contributed by atoms with van der Waals surface area (Å²) in [5.41, 5.74) is 1.01. The first-order valence-electron chi connectivity index (χ1n) is 5.25. The Hall–Kier alpha value is -0.830. The molecule has 1 atom stereocenters. The molecule has 0 N–H and O–H groups in total. The van der Waals surface area contributed by atoms with Crippen molar-refractivity contribution < 1.29 is 4.79 Å². The monoisotopic (exact) mass is 267 g/mol. The van der Waals surface area contributed by atoms with E-state index in [1.165, 1.54) is 0 Å². The summed E-state index contributed by atoms with van der Waals surface area (Å²) in [4.78, 5) is 13.8. The molecule has 0 bridgehead atoms. The van der Waals surface area contributed by atoms with Crippen molar-refractivity contribution in [3.63, 3.8) is 0 Å². The van der Waals surface area contributed by atoms with Crippen LogP contribution in [0.1, 0.15) is 19.8 Å². The van der Waals surface area contributed by atoms with Crippen LogP contribution in [0.4, 0.5) is 5.69 Å². The lowest BCUT2D eigenvalue weighted by Gasteiger charge is -2.30. The molecule has 1 fully saturated rings. The molecule has 1 unspecified atom stereocenters. The van der Waals surface area contributed by atoms with Gasteiger partial charge in [0.15, 0.2) is 0 Å². The van der Waals surface area contributed by atoms with Crippen LogP contribution < -0.4 is 4.90 Å². The van der Waals surface area contributed by atoms with E-state index in [-0.39, 0.29) is 11.8 Å². The van der Waals surface area contributed by atoms with E-state index in [0.29, 0.717) is 0 Å². The van der Waals surface area contributed by atoms with Gasteiger partial charge in [0.05, 0.1) is 0 Å². The number of amides is 1. The van der Waals surface area contributed by atoms with Gasteiger partial charge in [-0.2, -0.15) is 0 Å². The second kappa shape index (κ2) is 4.35. The topological polar surface area (TPSA) is 20.3 Å². The van der Waals surface area contributed by atoms with Crippen LogP contribution >= 0.6 is 15.9 Å². The summed E-state index contributed by atoms with van der Waals surface area (Å²) in [5, 5.41) is 0. The van der Waals surface area contributed by atoms with Gasteiger partial charge in [0.1, 0.15) is 0 Å². The number of halogens is 1. The van der Waals surface area contributed by atoms with Crippen LogP contribution in [0.2, 0.25) is 0 Å². The van der Waals surface area contributed by atoms with E-state index >= 15 is 0 Å². The number of hydrogen-bond donors (Lipinski definition) is 0. The van der Waals surface area contributed by atoms with Crippen LogP contribution in [-0.4, -0.2) is 12.5 Å². The van der Waals surface area contributed by atoms with Crippen molar-refractivity contribution in [1.82, 2.24) is 0 Å². The van der Waals surface area contributed by atoms with E-state index in [0.717, 1.165) is 29.5 Å². The highest BCUT2D eigenvalue weighted by Crippen LogP contribution is 2.25. The van der Waals surface area contributed by atoms with Crippen LogP contribution in [-0.2, 0) is 4.79 Å². The zero-order valence-electron chi connectivity index (χ0n) is 8.74. The van der Waals surface area contributed by atoms with Gasteiger partial charge >= 0.3 is 0 Å². The minimum absolute atomic E-state index is 0.169. The maximum atomic E-state index is 11.9. The van der Waals surface area contributed by atoms with E-state index in [1.54, 1.807) is 0 Å². The first kappa shape index (κ1) is 10.7. The van der Waals surface area contributed by atoms with Crippen molar-refractivity contribution in [1.29, 1.82) is 0 Å². The molecule has 1 aliphatic heterocycles. The number of benzene rings is 1. The zero-order chi connectivity index (χ0) is 10.8. The summed E-state index contributed by atoms with van der Waals surface area (Å²) in [6.07, 6.45) is 2.12. The molecule has 1 heterocycles. The molecule has 1 aromatic rings. The number of anilines is 1. The van der Waals surface area contributed by atoms with Crippen molar-refractivity contribution >= 4 is 27.5 Å². The second-order valence-electron chi connectivity index (χ2n) is 4.01. The lowest BCUT2D eigenvalue weighted by atomic mass is 9.99. The standard InChI is InChI=1S/C12H14BrNO/c1-9-3-2-8-14(12(9)15)11-6-4-10(13)5-7-11/h4-7,9H,2-3,8H2,1H3. The molecule has 80 valence electrons. The summed E-state index contributed by atoms with van der Waals surface area (Å²) >= 11 is 3.39. The highest BCUT2D eigenvalue weighted by Gasteiger charge is 2.25. The normalized spacial score (nSPS) is 21.9. The Labute approximate surface area is 98.4 Å². The molecule has 0 spiro atoms. The van der Waals surface area contributed by atoms with Crippen LogP contribution in [0.25, 0.3) is 0 Å². The molecule has 0 aliphatic carbocycles. The number of piperidine rings is 1. The number of carbonyl (C=O) groups is 1. The van der Waals surface area contributed by atoms with E-state index in [9.17, 15) is 4.79 Å². The quantitative estimate of drug-likeness (QED) is 0.765. The molecule has 0 aromatic heterocycles. The van der Waals surface area contributed by atoms with Gasteiger partial charge in [-0.25, -0.2) is 0 Å². The zero-order valence-corrected chi connectivity index (χ0v) is 10.3. The highest BCUT2D eigenvalue weighted by atomic mass is 79.9. The first-order valence-corrected chi connectivity index (χ1v) is 6.05. The molecular formula is C12H14BrNO. The molecule has 15 heavy (non-hydrogen) atoms. The van der Waals surface area contributed by atoms with Gasteiger partial charge in [-0.05, 0) is 37.1 Å². The Balaban J connectivity index is 2.22. The van der Waals surface area contributed by atoms with Crippen molar-refractivity contribution in [2.24, 2.45) is 5.92 Å². The lowest BCUT2D eigenvalue weighted by molar-refractivity contribution is -0.123. The maximum absolute atomic E-state index is 11.9. The highest BCUT2D eigenvalue weighted by molar-refractivity contribution is 9.10. The van der Waals surface area contributed by atoms with Crippen molar-refractivity contribution in [3.05, 3.63) is 28.7 Å². The molecule has 2 nitrogen and oxygen atoms in total. The van der Waals surface area contributed by atoms with Gasteiger partial charge in [-0.1, -0.05) is 22.9 Å². The maximum Gasteiger partial charge on any atom is 0.229 e. The Morgan fingerprint density at radius 1 is 1.33 bits per heavy atom. The molecule has 3 heteroatoms. The van der Waals surface area contributed by atoms with Crippen LogP contribution in [0.3, 0.4) is 0 Å². The fourth-order valence-electron chi connectivity index (χ4n) is 1.93. The predicted octanol–water partition coefficient (Wildman–Crippen LogP) is 3.21. The molecular weight excluding hydrogens is 254 g/mol. The summed E-state index contributed by atoms with van der Waals surface area (Å²) in [6, 6.07) is 7.92. The van der Waals surface area contributed by atoms with Crippen molar-refractivity contribution in [2.75, 3.05) is 11.4 Å². The third-order valence-electron chi connectivity index (χ3n) is 2.84. The summed E-state index contributed by atoms with van der Waals surface area (Å²) in [6.45, 7) is 2.86. The Morgan fingerprint density at radius 3 is 2.67 bits per heavy atom. The van der Waals surface area contributed by atoms with E-state index in [1.807, 2.05) is 36.1 Å². The van der Waals surface area contributed by atoms with Crippen molar-refractivity contribution in [2.45, 2.75) is 19.8 Å².